The van der Waals surface area contributed by atoms with Crippen LogP contribution in [-0.4, -0.2) is 34.9 Å². The number of nitrogens with zero attached hydrogens (tertiary/aromatic N) is 7. The van der Waals surface area contributed by atoms with Gasteiger partial charge in [-0.05, 0) is 199 Å². The molecule has 7 heteroatoms. The molecule has 5 aromatic heterocycles. The number of aromatic nitrogens is 7. The van der Waals surface area contributed by atoms with Gasteiger partial charge in [0, 0.05) is 56.2 Å². The highest BCUT2D eigenvalue weighted by Gasteiger charge is 2.19. The number of hydrogen-bond donors (Lipinski definition) is 0. The summed E-state index contributed by atoms with van der Waals surface area (Å²) in [5, 5.41) is 18.9. The van der Waals surface area contributed by atoms with E-state index >= 15 is 0 Å². The van der Waals surface area contributed by atoms with E-state index in [9.17, 15) is 0 Å². The van der Waals surface area contributed by atoms with E-state index in [1.807, 2.05) is 24.5 Å². The molecule has 0 saturated heterocycles. The third kappa shape index (κ3) is 9.70. The van der Waals surface area contributed by atoms with Gasteiger partial charge in [-0.25, -0.2) is 24.9 Å². The average molecular weight is 1270 g/mol. The Morgan fingerprint density at radius 1 is 0.160 bits per heavy atom. The Bertz CT molecular complexity index is 6600. The molecule has 0 spiro atoms. The second kappa shape index (κ2) is 23.1. The third-order valence-electron chi connectivity index (χ3n) is 20.2. The number of benzene rings is 15. The predicted octanol–water partition coefficient (Wildman–Crippen LogP) is 24.0. The molecule has 0 fully saturated rings. The maximum absolute atomic E-state index is 5.38. The van der Waals surface area contributed by atoms with E-state index in [-0.39, 0.29) is 0 Å². The van der Waals surface area contributed by atoms with Crippen LogP contribution in [0.5, 0.6) is 0 Å². The van der Waals surface area contributed by atoms with Gasteiger partial charge in [0.15, 0.2) is 11.6 Å². The minimum Gasteiger partial charge on any atom is -0.254 e. The van der Waals surface area contributed by atoms with E-state index in [0.29, 0.717) is 11.6 Å². The zero-order chi connectivity index (χ0) is 65.8. The topological polar surface area (TPSA) is 90.2 Å². The van der Waals surface area contributed by atoms with Crippen LogP contribution in [0.2, 0.25) is 0 Å². The van der Waals surface area contributed by atoms with Gasteiger partial charge >= 0.3 is 0 Å². The molecule has 0 unspecified atom stereocenters. The quantitative estimate of drug-likeness (QED) is 0.133. The first kappa shape index (κ1) is 56.8. The van der Waals surface area contributed by atoms with Gasteiger partial charge in [0.25, 0.3) is 0 Å². The lowest BCUT2D eigenvalue weighted by molar-refractivity contribution is 1.07. The van der Waals surface area contributed by atoms with E-state index in [4.69, 9.17) is 34.9 Å². The molecule has 0 saturated carbocycles. The minimum atomic E-state index is 0.607. The van der Waals surface area contributed by atoms with Crippen molar-refractivity contribution < 1.29 is 0 Å². The predicted molar refractivity (Wildman–Crippen MR) is 415 cm³/mol. The van der Waals surface area contributed by atoms with Crippen molar-refractivity contribution in [3.8, 4) is 101 Å². The number of hydrogen-bond acceptors (Lipinski definition) is 7. The highest BCUT2D eigenvalue weighted by Crippen LogP contribution is 2.43. The first-order chi connectivity index (χ1) is 49.5. The molecular weight excluding hydrogens is 1220 g/mol. The molecule has 5 heterocycles. The molecule has 0 N–H and O–H groups in total. The highest BCUT2D eigenvalue weighted by atomic mass is 15.0. The molecule has 7 nitrogen and oxygen atoms in total. The summed E-state index contributed by atoms with van der Waals surface area (Å²) in [7, 11) is 0. The number of pyridine rings is 4. The summed E-state index contributed by atoms with van der Waals surface area (Å²) in [6.45, 7) is 0. The van der Waals surface area contributed by atoms with Crippen LogP contribution in [0.15, 0.2) is 334 Å². The summed E-state index contributed by atoms with van der Waals surface area (Å²) in [6.07, 6.45) is 5.32. The van der Waals surface area contributed by atoms with Gasteiger partial charge in [-0.3, -0.25) is 9.97 Å². The monoisotopic (exact) mass is 1270 g/mol. The van der Waals surface area contributed by atoms with Crippen molar-refractivity contribution in [1.29, 1.82) is 0 Å². The molecule has 0 radical (unpaired) electrons. The molecule has 15 aromatic carbocycles. The highest BCUT2D eigenvalue weighted by molar-refractivity contribution is 6.27. The lowest BCUT2D eigenvalue weighted by Gasteiger charge is -2.15. The Morgan fingerprint density at radius 2 is 0.470 bits per heavy atom. The van der Waals surface area contributed by atoms with Gasteiger partial charge in [0.1, 0.15) is 6.33 Å². The molecule has 20 aromatic rings. The lowest BCUT2D eigenvalue weighted by atomic mass is 9.89. The summed E-state index contributed by atoms with van der Waals surface area (Å²) in [4.78, 5) is 35.1. The second-order valence-corrected chi connectivity index (χ2v) is 26.0. The maximum atomic E-state index is 5.38. The largest absolute Gasteiger partial charge is 0.254 e. The van der Waals surface area contributed by atoms with E-state index in [1.165, 1.54) is 64.6 Å². The first-order valence-corrected chi connectivity index (χ1v) is 33.8. The summed E-state index contributed by atoms with van der Waals surface area (Å²) in [5.74, 6) is 1.22. The third-order valence-corrected chi connectivity index (χ3v) is 20.2. The zero-order valence-corrected chi connectivity index (χ0v) is 53.9. The standard InChI is InChI=1S/C93H55N7/c1-2-12-56(13-3-1)68-46-69(50-73(49-68)93-97-55-96-92(100-93)64-32-26-58(27-33-64)65-34-39-80-76-18-5-4-16-74(76)75-17-6-8-20-78(75)83(80)52-65)59-24-22-57(23-25-59)66-35-40-81-77-19-7-9-21-79(77)84-54-67(36-41-82(84)85(81)53-66)70-47-71(86-42-37-62-30-28-60-14-10-44-94-88(60)90(62)98-86)51-72(48-70)87-43-38-63-31-29-61-15-11-45-95-89(61)91(63)99-87/h1-55H. The van der Waals surface area contributed by atoms with Crippen LogP contribution < -0.4 is 0 Å². The van der Waals surface area contributed by atoms with Crippen molar-refractivity contribution >= 4 is 108 Å². The van der Waals surface area contributed by atoms with Crippen LogP contribution in [0.25, 0.3) is 209 Å². The van der Waals surface area contributed by atoms with Crippen LogP contribution in [0.1, 0.15) is 0 Å². The second-order valence-electron chi connectivity index (χ2n) is 26.0. The number of rotatable bonds is 9. The van der Waals surface area contributed by atoms with Crippen LogP contribution in [0, 0.1) is 0 Å². The van der Waals surface area contributed by atoms with Crippen molar-refractivity contribution in [1.82, 2.24) is 34.9 Å². The fraction of sp³-hybridized carbons (Fsp3) is 0. The van der Waals surface area contributed by atoms with Crippen LogP contribution in [0.3, 0.4) is 0 Å². The zero-order valence-electron chi connectivity index (χ0n) is 53.9. The molecule has 0 atom stereocenters. The Hall–Kier alpha value is -13.5. The Balaban J connectivity index is 0.648. The molecule has 0 aliphatic carbocycles. The summed E-state index contributed by atoms with van der Waals surface area (Å²) in [5.41, 5.74) is 20.1. The Kier molecular flexibility index (Phi) is 13.1. The maximum Gasteiger partial charge on any atom is 0.163 e. The molecule has 462 valence electrons. The Morgan fingerprint density at radius 3 is 0.940 bits per heavy atom. The SMILES string of the molecule is c1ccc(-c2cc(-c3ccc(-c4ccc5c6ccccc6c6cc(-c7cc(-c8ccc9ccc%10cccnc%10c9n8)cc(-c8ccc9ccc%10cccnc%10c9n8)c7)ccc6c5c4)cc3)cc(-c3ncnc(-c4ccc(-c5ccc6c7ccccc7c7ccccc7c6c5)cc4)n3)c2)cc1. The van der Waals surface area contributed by atoms with Crippen molar-refractivity contribution in [3.05, 3.63) is 334 Å². The first-order valence-electron chi connectivity index (χ1n) is 33.8. The van der Waals surface area contributed by atoms with E-state index < -0.39 is 0 Å². The molecule has 0 aliphatic rings. The fourth-order valence-corrected chi connectivity index (χ4v) is 15.2. The van der Waals surface area contributed by atoms with E-state index in [1.54, 1.807) is 6.33 Å². The van der Waals surface area contributed by atoms with Crippen molar-refractivity contribution in [2.45, 2.75) is 0 Å². The molecule has 100 heavy (non-hydrogen) atoms. The van der Waals surface area contributed by atoms with Gasteiger partial charge in [0.05, 0.1) is 33.5 Å². The van der Waals surface area contributed by atoms with Crippen molar-refractivity contribution in [2.75, 3.05) is 0 Å². The lowest BCUT2D eigenvalue weighted by Crippen LogP contribution is -1.96. The number of fused-ring (bicyclic) bond motifs is 18. The van der Waals surface area contributed by atoms with Gasteiger partial charge in [-0.15, -0.1) is 0 Å². The van der Waals surface area contributed by atoms with Gasteiger partial charge in [0.2, 0.25) is 0 Å². The Labute approximate surface area is 574 Å². The van der Waals surface area contributed by atoms with Crippen LogP contribution in [-0.2, 0) is 0 Å². The minimum absolute atomic E-state index is 0.607. The van der Waals surface area contributed by atoms with Crippen LogP contribution >= 0.6 is 0 Å². The summed E-state index contributed by atoms with van der Waals surface area (Å²) < 4.78 is 0. The van der Waals surface area contributed by atoms with Crippen LogP contribution in [0.4, 0.5) is 0 Å². The van der Waals surface area contributed by atoms with E-state index in [2.05, 4.69) is 303 Å². The normalized spacial score (nSPS) is 11.8. The summed E-state index contributed by atoms with van der Waals surface area (Å²) >= 11 is 0. The van der Waals surface area contributed by atoms with Gasteiger partial charge in [-0.1, -0.05) is 237 Å². The molecular formula is C93H55N7. The van der Waals surface area contributed by atoms with E-state index in [0.717, 1.165) is 133 Å². The van der Waals surface area contributed by atoms with Gasteiger partial charge < -0.3 is 0 Å². The fourth-order valence-electron chi connectivity index (χ4n) is 15.2. The smallest absolute Gasteiger partial charge is 0.163 e. The summed E-state index contributed by atoms with van der Waals surface area (Å²) in [6, 6.07) is 114. The van der Waals surface area contributed by atoms with Gasteiger partial charge in [-0.2, -0.15) is 0 Å². The molecule has 0 bridgehead atoms. The average Bonchev–Trinajstić information content (AvgIpc) is 0.745. The molecule has 20 rings (SSSR count). The van der Waals surface area contributed by atoms with Crippen molar-refractivity contribution in [2.24, 2.45) is 0 Å². The van der Waals surface area contributed by atoms with Crippen molar-refractivity contribution in [3.63, 3.8) is 0 Å². The molecule has 0 amide bonds. The molecule has 0 aliphatic heterocycles.